The molecule has 210 valence electrons. The van der Waals surface area contributed by atoms with Crippen molar-refractivity contribution < 1.29 is 67.3 Å². The van der Waals surface area contributed by atoms with Gasteiger partial charge in [0, 0.05) is 31.8 Å². The SMILES string of the molecule is C=CC(=O)OCCCCOCC(O)COC(=O)CC(=O)OCC(O)COCCCOC(=O)OC(=O)C=C. The van der Waals surface area contributed by atoms with Gasteiger partial charge in [0.1, 0.15) is 31.8 Å². The Morgan fingerprint density at radius 1 is 0.622 bits per heavy atom. The fraction of sp³-hybridized carbons (Fsp3) is 0.609. The minimum Gasteiger partial charge on any atom is -0.463 e. The molecule has 0 aromatic rings. The van der Waals surface area contributed by atoms with Crippen molar-refractivity contribution in [1.29, 1.82) is 0 Å². The Balaban J connectivity index is 3.71. The van der Waals surface area contributed by atoms with Crippen LogP contribution in [-0.2, 0) is 52.3 Å². The summed E-state index contributed by atoms with van der Waals surface area (Å²) in [5.74, 6) is -3.31. The summed E-state index contributed by atoms with van der Waals surface area (Å²) >= 11 is 0. The van der Waals surface area contributed by atoms with Gasteiger partial charge in [-0.15, -0.1) is 0 Å². The Morgan fingerprint density at radius 3 is 1.65 bits per heavy atom. The minimum atomic E-state index is -1.17. The average Bonchev–Trinajstić information content (AvgIpc) is 2.87. The van der Waals surface area contributed by atoms with Crippen LogP contribution < -0.4 is 0 Å². The third kappa shape index (κ3) is 21.7. The molecule has 0 rings (SSSR count). The fourth-order valence-electron chi connectivity index (χ4n) is 2.14. The second-order valence-corrected chi connectivity index (χ2v) is 7.16. The third-order valence-corrected chi connectivity index (χ3v) is 3.88. The van der Waals surface area contributed by atoms with Crippen LogP contribution in [0.1, 0.15) is 25.7 Å². The van der Waals surface area contributed by atoms with Gasteiger partial charge >= 0.3 is 30.0 Å². The molecule has 0 aliphatic rings. The highest BCUT2D eigenvalue weighted by atomic mass is 16.7. The van der Waals surface area contributed by atoms with Gasteiger partial charge in [0.05, 0.1) is 26.4 Å². The Kier molecular flexibility index (Phi) is 19.9. The van der Waals surface area contributed by atoms with E-state index in [-0.39, 0.29) is 46.1 Å². The van der Waals surface area contributed by atoms with Gasteiger partial charge in [0.25, 0.3) is 0 Å². The lowest BCUT2D eigenvalue weighted by Gasteiger charge is -2.13. The minimum absolute atomic E-state index is 0.0910. The molecule has 0 radical (unpaired) electrons. The van der Waals surface area contributed by atoms with E-state index in [0.29, 0.717) is 19.4 Å². The number of rotatable bonds is 21. The summed E-state index contributed by atoms with van der Waals surface area (Å²) < 4.78 is 33.4. The molecule has 2 unspecified atom stereocenters. The molecule has 2 atom stereocenters. The monoisotopic (exact) mass is 534 g/mol. The number of aliphatic hydroxyl groups excluding tert-OH is 2. The fourth-order valence-corrected chi connectivity index (χ4v) is 2.14. The first kappa shape index (κ1) is 33.7. The van der Waals surface area contributed by atoms with E-state index >= 15 is 0 Å². The molecule has 0 bridgehead atoms. The first-order valence-electron chi connectivity index (χ1n) is 11.3. The van der Waals surface area contributed by atoms with Crippen LogP contribution >= 0.6 is 0 Å². The quantitative estimate of drug-likeness (QED) is 0.0656. The maximum Gasteiger partial charge on any atom is 0.516 e. The Labute approximate surface area is 214 Å². The Bertz CT molecular complexity index is 735. The third-order valence-electron chi connectivity index (χ3n) is 3.88. The number of carbonyl (C=O) groups is 5. The van der Waals surface area contributed by atoms with Crippen LogP contribution in [0.5, 0.6) is 0 Å². The summed E-state index contributed by atoms with van der Waals surface area (Å²) in [6.45, 7) is 5.83. The van der Waals surface area contributed by atoms with Gasteiger partial charge in [-0.05, 0) is 12.8 Å². The predicted molar refractivity (Wildman–Crippen MR) is 123 cm³/mol. The van der Waals surface area contributed by atoms with E-state index in [1.807, 2.05) is 0 Å². The molecule has 0 heterocycles. The van der Waals surface area contributed by atoms with Crippen LogP contribution in [0.25, 0.3) is 0 Å². The largest absolute Gasteiger partial charge is 0.516 e. The average molecular weight is 535 g/mol. The summed E-state index contributed by atoms with van der Waals surface area (Å²) in [7, 11) is 0. The van der Waals surface area contributed by atoms with Gasteiger partial charge < -0.3 is 43.4 Å². The molecule has 2 N–H and O–H groups in total. The van der Waals surface area contributed by atoms with Crippen molar-refractivity contribution in [3.8, 4) is 0 Å². The first-order valence-corrected chi connectivity index (χ1v) is 11.3. The molecule has 0 aliphatic carbocycles. The lowest BCUT2D eigenvalue weighted by atomic mass is 10.3. The smallest absolute Gasteiger partial charge is 0.463 e. The highest BCUT2D eigenvalue weighted by Crippen LogP contribution is 1.98. The van der Waals surface area contributed by atoms with Gasteiger partial charge in [-0.25, -0.2) is 14.4 Å². The van der Waals surface area contributed by atoms with E-state index < -0.39 is 55.3 Å². The highest BCUT2D eigenvalue weighted by Gasteiger charge is 2.16. The standard InChI is InChI=1S/C23H34O14/c1-3-19(26)33-10-6-5-8-31-13-17(24)15-35-21(28)12-22(29)36-16-18(25)14-32-9-7-11-34-23(30)37-20(27)4-2/h3-4,17-18,24-25H,1-2,5-16H2. The van der Waals surface area contributed by atoms with Crippen LogP contribution in [0.15, 0.2) is 25.3 Å². The first-order chi connectivity index (χ1) is 17.7. The van der Waals surface area contributed by atoms with E-state index in [9.17, 15) is 34.2 Å². The number of unbranched alkanes of at least 4 members (excludes halogenated alkanes) is 1. The molecular formula is C23H34O14. The molecule has 14 heteroatoms. The second-order valence-electron chi connectivity index (χ2n) is 7.16. The number of hydrogen-bond donors (Lipinski definition) is 2. The molecule has 0 spiro atoms. The van der Waals surface area contributed by atoms with Crippen LogP contribution in [0, 0.1) is 0 Å². The van der Waals surface area contributed by atoms with Gasteiger partial charge in [-0.1, -0.05) is 13.2 Å². The van der Waals surface area contributed by atoms with Crippen molar-refractivity contribution in [2.24, 2.45) is 0 Å². The van der Waals surface area contributed by atoms with Gasteiger partial charge in [-0.2, -0.15) is 0 Å². The number of hydrogen-bond acceptors (Lipinski definition) is 14. The van der Waals surface area contributed by atoms with E-state index in [1.165, 1.54) is 0 Å². The van der Waals surface area contributed by atoms with Crippen molar-refractivity contribution in [3.63, 3.8) is 0 Å². The zero-order valence-electron chi connectivity index (χ0n) is 20.5. The highest BCUT2D eigenvalue weighted by molar-refractivity contribution is 5.91. The topological polar surface area (TPSA) is 190 Å². The maximum absolute atomic E-state index is 11.6. The zero-order chi connectivity index (χ0) is 27.9. The molecule has 0 amide bonds. The van der Waals surface area contributed by atoms with Crippen molar-refractivity contribution >= 4 is 30.0 Å². The number of ether oxygens (including phenoxy) is 7. The molecule has 0 aliphatic heterocycles. The summed E-state index contributed by atoms with van der Waals surface area (Å²) in [6, 6.07) is 0. The summed E-state index contributed by atoms with van der Waals surface area (Å²) in [5.41, 5.74) is 0. The summed E-state index contributed by atoms with van der Waals surface area (Å²) in [5, 5.41) is 19.5. The molecule has 37 heavy (non-hydrogen) atoms. The molecule has 0 saturated heterocycles. The lowest BCUT2D eigenvalue weighted by Crippen LogP contribution is -2.27. The molecular weight excluding hydrogens is 500 g/mol. The lowest BCUT2D eigenvalue weighted by molar-refractivity contribution is -0.159. The Hall–Kier alpha value is -3.33. The maximum atomic E-state index is 11.6. The van der Waals surface area contributed by atoms with Crippen molar-refractivity contribution in [1.82, 2.24) is 0 Å². The van der Waals surface area contributed by atoms with E-state index in [1.54, 1.807) is 0 Å². The Morgan fingerprint density at radius 2 is 1.11 bits per heavy atom. The van der Waals surface area contributed by atoms with Crippen molar-refractivity contribution in [2.75, 3.05) is 52.9 Å². The zero-order valence-corrected chi connectivity index (χ0v) is 20.5. The summed E-state index contributed by atoms with van der Waals surface area (Å²) in [4.78, 5) is 56.0. The van der Waals surface area contributed by atoms with Gasteiger partial charge in [-0.3, -0.25) is 9.59 Å². The molecule has 14 nitrogen and oxygen atoms in total. The summed E-state index contributed by atoms with van der Waals surface area (Å²) in [6.07, 6.45) is -0.861. The van der Waals surface area contributed by atoms with Gasteiger partial charge in [0.2, 0.25) is 0 Å². The van der Waals surface area contributed by atoms with Crippen LogP contribution in [0.4, 0.5) is 4.79 Å². The van der Waals surface area contributed by atoms with E-state index in [2.05, 4.69) is 22.6 Å². The van der Waals surface area contributed by atoms with Crippen molar-refractivity contribution in [2.45, 2.75) is 37.9 Å². The van der Waals surface area contributed by atoms with Crippen molar-refractivity contribution in [3.05, 3.63) is 25.3 Å². The number of esters is 4. The van der Waals surface area contributed by atoms with Crippen LogP contribution in [0.3, 0.4) is 0 Å². The number of aliphatic hydroxyl groups is 2. The normalized spacial score (nSPS) is 11.9. The van der Waals surface area contributed by atoms with Crippen LogP contribution in [0.2, 0.25) is 0 Å². The van der Waals surface area contributed by atoms with Crippen LogP contribution in [-0.4, -0.2) is 105 Å². The predicted octanol–water partition coefficient (Wildman–Crippen LogP) is -0.0168. The van der Waals surface area contributed by atoms with Gasteiger partial charge in [0.15, 0.2) is 0 Å². The second kappa shape index (κ2) is 21.9. The molecule has 0 aromatic carbocycles. The molecule has 0 fully saturated rings. The van der Waals surface area contributed by atoms with E-state index in [0.717, 1.165) is 12.2 Å². The molecule has 0 saturated carbocycles. The van der Waals surface area contributed by atoms with E-state index in [4.69, 9.17) is 23.7 Å². The molecule has 0 aromatic heterocycles. The number of carbonyl (C=O) groups excluding carboxylic acids is 5.